The lowest BCUT2D eigenvalue weighted by molar-refractivity contribution is -0.176. The Bertz CT molecular complexity index is 879. The van der Waals surface area contributed by atoms with Gasteiger partial charge in [-0.25, -0.2) is 14.4 Å². The van der Waals surface area contributed by atoms with Crippen molar-refractivity contribution in [2.24, 2.45) is 5.92 Å². The van der Waals surface area contributed by atoms with Gasteiger partial charge in [0.15, 0.2) is 0 Å². The summed E-state index contributed by atoms with van der Waals surface area (Å²) >= 11 is 0. The summed E-state index contributed by atoms with van der Waals surface area (Å²) in [6.45, 7) is 11.8. The van der Waals surface area contributed by atoms with Crippen LogP contribution in [-0.4, -0.2) is 82.8 Å². The summed E-state index contributed by atoms with van der Waals surface area (Å²) in [6, 6.07) is -1.82. The van der Waals surface area contributed by atoms with Gasteiger partial charge in [-0.05, 0) is 65.2 Å². The molecular formula is C25H38N2O9. The van der Waals surface area contributed by atoms with Crippen LogP contribution < -0.4 is 5.32 Å². The lowest BCUT2D eigenvalue weighted by atomic mass is 9.97. The van der Waals surface area contributed by atoms with Gasteiger partial charge in [0.25, 0.3) is 5.91 Å². The number of esters is 3. The standard InChI is InChI=1S/C25H38N2O9/c1-8-16(4)19(20(29)27-15-11-12-17(27)21(30)36-24(5,6)7)26-18(28)13-14-25(33,22(31)34-9-2)23(32)35-10-3/h16-17,19,33H,8-12,15H2,1-7H3,(H,26,28)/t16-,17-,19-/m0/s1. The first-order valence-corrected chi connectivity index (χ1v) is 12.2. The number of amides is 2. The molecule has 1 saturated heterocycles. The maximum absolute atomic E-state index is 13.4. The fourth-order valence-electron chi connectivity index (χ4n) is 3.49. The molecule has 0 unspecified atom stereocenters. The number of carbonyl (C=O) groups excluding carboxylic acids is 5. The number of hydrogen-bond acceptors (Lipinski definition) is 9. The van der Waals surface area contributed by atoms with Crippen molar-refractivity contribution in [3.8, 4) is 11.8 Å². The zero-order valence-corrected chi connectivity index (χ0v) is 22.1. The van der Waals surface area contributed by atoms with Crippen LogP contribution in [0.25, 0.3) is 0 Å². The highest BCUT2D eigenvalue weighted by Gasteiger charge is 2.46. The highest BCUT2D eigenvalue weighted by Crippen LogP contribution is 2.24. The molecule has 0 bridgehead atoms. The Hall–Kier alpha value is -3.13. The van der Waals surface area contributed by atoms with Crippen LogP contribution in [0.3, 0.4) is 0 Å². The molecule has 0 aromatic carbocycles. The fraction of sp³-hybridized carbons (Fsp3) is 0.720. The van der Waals surface area contributed by atoms with E-state index in [9.17, 15) is 29.1 Å². The third-order valence-corrected chi connectivity index (χ3v) is 5.48. The second-order valence-corrected chi connectivity index (χ2v) is 9.46. The number of nitrogens with one attached hydrogen (secondary N) is 1. The minimum Gasteiger partial charge on any atom is -0.463 e. The molecule has 2 amide bonds. The molecule has 0 aliphatic carbocycles. The van der Waals surface area contributed by atoms with Crippen LogP contribution in [0.15, 0.2) is 0 Å². The van der Waals surface area contributed by atoms with E-state index in [4.69, 9.17) is 4.74 Å². The van der Waals surface area contributed by atoms with Crippen LogP contribution in [-0.2, 0) is 38.2 Å². The molecule has 2 N–H and O–H groups in total. The van der Waals surface area contributed by atoms with E-state index in [0.29, 0.717) is 25.8 Å². The van der Waals surface area contributed by atoms with Crippen molar-refractivity contribution in [3.63, 3.8) is 0 Å². The molecule has 202 valence electrons. The van der Waals surface area contributed by atoms with Crippen molar-refractivity contribution in [2.45, 2.75) is 91.0 Å². The molecule has 1 aliphatic heterocycles. The second kappa shape index (κ2) is 13.3. The van der Waals surface area contributed by atoms with E-state index in [-0.39, 0.29) is 19.1 Å². The number of nitrogens with zero attached hydrogens (tertiary/aromatic N) is 1. The minimum absolute atomic E-state index is 0.145. The summed E-state index contributed by atoms with van der Waals surface area (Å²) in [5, 5.41) is 13.0. The topological polar surface area (TPSA) is 149 Å². The predicted molar refractivity (Wildman–Crippen MR) is 128 cm³/mol. The van der Waals surface area contributed by atoms with Gasteiger partial charge in [0.05, 0.1) is 13.2 Å². The molecule has 11 nitrogen and oxygen atoms in total. The molecule has 1 rings (SSSR count). The Labute approximate surface area is 212 Å². The summed E-state index contributed by atoms with van der Waals surface area (Å²) in [5.41, 5.74) is -3.72. The van der Waals surface area contributed by atoms with E-state index >= 15 is 0 Å². The monoisotopic (exact) mass is 510 g/mol. The first-order valence-electron chi connectivity index (χ1n) is 12.2. The lowest BCUT2D eigenvalue weighted by Crippen LogP contribution is -2.54. The zero-order chi connectivity index (χ0) is 27.7. The van der Waals surface area contributed by atoms with Crippen molar-refractivity contribution in [3.05, 3.63) is 0 Å². The Morgan fingerprint density at radius 1 is 1.06 bits per heavy atom. The summed E-state index contributed by atoms with van der Waals surface area (Å²) < 4.78 is 14.8. The highest BCUT2D eigenvalue weighted by molar-refractivity contribution is 6.09. The normalized spacial score (nSPS) is 17.2. The van der Waals surface area contributed by atoms with Crippen LogP contribution in [0.1, 0.15) is 67.7 Å². The Morgan fingerprint density at radius 2 is 1.61 bits per heavy atom. The molecular weight excluding hydrogens is 472 g/mol. The Balaban J connectivity index is 3.16. The summed E-state index contributed by atoms with van der Waals surface area (Å²) in [7, 11) is 0. The average Bonchev–Trinajstić information content (AvgIpc) is 3.29. The van der Waals surface area contributed by atoms with Crippen molar-refractivity contribution < 1.29 is 43.3 Å². The first-order chi connectivity index (χ1) is 16.7. The van der Waals surface area contributed by atoms with E-state index in [2.05, 4.69) is 14.8 Å². The summed E-state index contributed by atoms with van der Waals surface area (Å²) in [4.78, 5) is 64.4. The molecule has 0 spiro atoms. The summed E-state index contributed by atoms with van der Waals surface area (Å²) in [6.07, 6.45) is 1.56. The van der Waals surface area contributed by atoms with Crippen LogP contribution in [0.5, 0.6) is 0 Å². The number of aliphatic hydroxyl groups is 1. The molecule has 3 atom stereocenters. The van der Waals surface area contributed by atoms with Crippen LogP contribution in [0, 0.1) is 17.8 Å². The van der Waals surface area contributed by atoms with E-state index in [0.717, 1.165) is 0 Å². The molecule has 36 heavy (non-hydrogen) atoms. The number of carbonyl (C=O) groups is 5. The van der Waals surface area contributed by atoms with Crippen LogP contribution >= 0.6 is 0 Å². The number of hydrogen-bond donors (Lipinski definition) is 2. The molecule has 0 aromatic heterocycles. The van der Waals surface area contributed by atoms with Gasteiger partial charge in [0.1, 0.15) is 17.7 Å². The SMILES string of the molecule is CCOC(=O)C(O)(C#CC(=O)N[C@H](C(=O)N1CCC[C@H]1C(=O)OC(C)(C)C)[C@@H](C)CC)C(=O)OCC. The van der Waals surface area contributed by atoms with Crippen molar-refractivity contribution in [2.75, 3.05) is 19.8 Å². The van der Waals surface area contributed by atoms with E-state index in [1.807, 2.05) is 18.8 Å². The largest absolute Gasteiger partial charge is 0.463 e. The van der Waals surface area contributed by atoms with Crippen molar-refractivity contribution >= 4 is 29.7 Å². The predicted octanol–water partition coefficient (Wildman–Crippen LogP) is 0.711. The molecule has 0 saturated carbocycles. The van der Waals surface area contributed by atoms with Gasteiger partial charge in [-0.2, -0.15) is 0 Å². The number of rotatable bonds is 9. The van der Waals surface area contributed by atoms with Crippen molar-refractivity contribution in [1.82, 2.24) is 10.2 Å². The van der Waals surface area contributed by atoms with Gasteiger partial charge < -0.3 is 29.5 Å². The van der Waals surface area contributed by atoms with Crippen molar-refractivity contribution in [1.29, 1.82) is 0 Å². The van der Waals surface area contributed by atoms with Gasteiger partial charge in [-0.3, -0.25) is 9.59 Å². The first kappa shape index (κ1) is 30.9. The zero-order valence-electron chi connectivity index (χ0n) is 22.1. The quantitative estimate of drug-likeness (QED) is 0.198. The Kier molecular flexibility index (Phi) is 11.4. The Morgan fingerprint density at radius 3 is 2.08 bits per heavy atom. The highest BCUT2D eigenvalue weighted by atomic mass is 16.6. The third kappa shape index (κ3) is 8.22. The second-order valence-electron chi connectivity index (χ2n) is 9.46. The lowest BCUT2D eigenvalue weighted by Gasteiger charge is -2.32. The smallest absolute Gasteiger partial charge is 0.363 e. The van der Waals surface area contributed by atoms with Gasteiger partial charge in [0.2, 0.25) is 5.91 Å². The van der Waals surface area contributed by atoms with Gasteiger partial charge >= 0.3 is 23.5 Å². The molecule has 0 aromatic rings. The van der Waals surface area contributed by atoms with Crippen LogP contribution in [0.4, 0.5) is 0 Å². The molecule has 0 radical (unpaired) electrons. The minimum atomic E-state index is -3.00. The van der Waals surface area contributed by atoms with Crippen LogP contribution in [0.2, 0.25) is 0 Å². The van der Waals surface area contributed by atoms with E-state index in [1.165, 1.54) is 18.7 Å². The fourth-order valence-corrected chi connectivity index (χ4v) is 3.49. The van der Waals surface area contributed by atoms with Gasteiger partial charge in [-0.15, -0.1) is 0 Å². The molecule has 11 heteroatoms. The maximum atomic E-state index is 13.4. The van der Waals surface area contributed by atoms with E-state index in [1.54, 1.807) is 27.7 Å². The average molecular weight is 511 g/mol. The van der Waals surface area contributed by atoms with Gasteiger partial charge in [-0.1, -0.05) is 20.3 Å². The van der Waals surface area contributed by atoms with Gasteiger partial charge in [0, 0.05) is 6.54 Å². The molecule has 1 fully saturated rings. The molecule has 1 heterocycles. The van der Waals surface area contributed by atoms with E-state index < -0.39 is 53.0 Å². The third-order valence-electron chi connectivity index (χ3n) is 5.48. The molecule has 1 aliphatic rings. The number of ether oxygens (including phenoxy) is 3. The summed E-state index contributed by atoms with van der Waals surface area (Å²) in [5.74, 6) is -1.15. The number of likely N-dealkylation sites (tertiary alicyclic amines) is 1. The maximum Gasteiger partial charge on any atom is 0.363 e.